The molecule has 3 aromatic rings. The highest BCUT2D eigenvalue weighted by Crippen LogP contribution is 2.34. The van der Waals surface area contributed by atoms with E-state index in [4.69, 9.17) is 4.42 Å². The molecule has 2 aromatic carbocycles. The van der Waals surface area contributed by atoms with E-state index in [1.54, 1.807) is 0 Å². The standard InChI is InChI=1S/C13H8O6/c14-5-3-8(17)10-9(4-5)19-13-7(16)2-1-6(15)11(13)12(10)18/h1-4,14-17H/p-1. The highest BCUT2D eigenvalue weighted by Gasteiger charge is 2.15. The zero-order chi connectivity index (χ0) is 13.7. The molecule has 3 rings (SSSR count). The van der Waals surface area contributed by atoms with Crippen LogP contribution in [0.2, 0.25) is 0 Å². The van der Waals surface area contributed by atoms with E-state index >= 15 is 0 Å². The first-order valence-corrected chi connectivity index (χ1v) is 5.30. The van der Waals surface area contributed by atoms with E-state index in [-0.39, 0.29) is 33.4 Å². The summed E-state index contributed by atoms with van der Waals surface area (Å²) in [4.78, 5) is 12.2. The molecule has 0 saturated carbocycles. The molecule has 96 valence electrons. The second-order valence-corrected chi connectivity index (χ2v) is 4.06. The van der Waals surface area contributed by atoms with E-state index in [1.165, 1.54) is 0 Å². The summed E-state index contributed by atoms with van der Waals surface area (Å²) in [7, 11) is 0. The van der Waals surface area contributed by atoms with Crippen molar-refractivity contribution in [2.24, 2.45) is 0 Å². The van der Waals surface area contributed by atoms with Gasteiger partial charge in [-0.2, -0.15) is 0 Å². The predicted octanol–water partition coefficient (Wildman–Crippen LogP) is 1.14. The Bertz CT molecular complexity index is 878. The van der Waals surface area contributed by atoms with Crippen LogP contribution in [0.4, 0.5) is 0 Å². The van der Waals surface area contributed by atoms with Gasteiger partial charge in [-0.3, -0.25) is 4.79 Å². The van der Waals surface area contributed by atoms with Gasteiger partial charge < -0.3 is 24.8 Å². The molecule has 0 radical (unpaired) electrons. The Kier molecular flexibility index (Phi) is 2.10. The van der Waals surface area contributed by atoms with Crippen molar-refractivity contribution < 1.29 is 24.8 Å². The number of phenolic OH excluding ortho intramolecular Hbond substituents is 3. The van der Waals surface area contributed by atoms with Crippen LogP contribution in [-0.4, -0.2) is 15.3 Å². The summed E-state index contributed by atoms with van der Waals surface area (Å²) in [5, 5.41) is 39.8. The number of fused-ring (bicyclic) bond motifs is 2. The van der Waals surface area contributed by atoms with Crippen LogP contribution in [-0.2, 0) is 0 Å². The molecule has 0 aliphatic rings. The first kappa shape index (κ1) is 11.2. The number of hydrogen-bond acceptors (Lipinski definition) is 6. The summed E-state index contributed by atoms with van der Waals surface area (Å²) < 4.78 is 5.23. The Morgan fingerprint density at radius 1 is 1.00 bits per heavy atom. The Balaban J connectivity index is 2.69. The van der Waals surface area contributed by atoms with Crippen LogP contribution in [0, 0.1) is 0 Å². The summed E-state index contributed by atoms with van der Waals surface area (Å²) in [5.41, 5.74) is -1.14. The van der Waals surface area contributed by atoms with Gasteiger partial charge in [0.1, 0.15) is 22.5 Å². The van der Waals surface area contributed by atoms with E-state index in [1.807, 2.05) is 0 Å². The van der Waals surface area contributed by atoms with Crippen molar-refractivity contribution in [3.63, 3.8) is 0 Å². The Morgan fingerprint density at radius 3 is 2.47 bits per heavy atom. The molecule has 0 saturated heterocycles. The van der Waals surface area contributed by atoms with Gasteiger partial charge in [0, 0.05) is 12.1 Å². The highest BCUT2D eigenvalue weighted by atomic mass is 16.4. The quantitative estimate of drug-likeness (QED) is 0.521. The third-order valence-electron chi connectivity index (χ3n) is 2.83. The number of aromatic hydroxyl groups is 3. The molecule has 0 amide bonds. The van der Waals surface area contributed by atoms with Crippen LogP contribution >= 0.6 is 0 Å². The zero-order valence-corrected chi connectivity index (χ0v) is 9.38. The normalized spacial score (nSPS) is 11.2. The molecule has 0 aliphatic heterocycles. The third-order valence-corrected chi connectivity index (χ3v) is 2.83. The second kappa shape index (κ2) is 3.55. The van der Waals surface area contributed by atoms with Crippen LogP contribution in [0.1, 0.15) is 0 Å². The largest absolute Gasteiger partial charge is 0.872 e. The molecular formula is C13H7O6-. The van der Waals surface area contributed by atoms with Gasteiger partial charge in [-0.05, 0) is 6.07 Å². The smallest absolute Gasteiger partial charge is 0.203 e. The van der Waals surface area contributed by atoms with Crippen molar-refractivity contribution in [2.75, 3.05) is 0 Å². The molecule has 0 bridgehead atoms. The SMILES string of the molecule is O=c1c2c(O)cc(O)cc2oc2c(O)ccc([O-])c12. The first-order chi connectivity index (χ1) is 8.99. The molecule has 0 unspecified atom stereocenters. The maximum Gasteiger partial charge on any atom is 0.203 e. The molecule has 1 aromatic heterocycles. The van der Waals surface area contributed by atoms with Gasteiger partial charge in [-0.25, -0.2) is 0 Å². The minimum Gasteiger partial charge on any atom is -0.872 e. The Labute approximate surface area is 105 Å². The number of benzene rings is 2. The number of hydrogen-bond donors (Lipinski definition) is 3. The lowest BCUT2D eigenvalue weighted by molar-refractivity contribution is -0.265. The van der Waals surface area contributed by atoms with Crippen molar-refractivity contribution in [3.8, 4) is 23.0 Å². The maximum absolute atomic E-state index is 12.2. The molecule has 0 atom stereocenters. The summed E-state index contributed by atoms with van der Waals surface area (Å²) in [6, 6.07) is 4.24. The molecule has 6 nitrogen and oxygen atoms in total. The predicted molar refractivity (Wildman–Crippen MR) is 64.4 cm³/mol. The molecular weight excluding hydrogens is 252 g/mol. The van der Waals surface area contributed by atoms with Crippen molar-refractivity contribution in [1.82, 2.24) is 0 Å². The number of rotatable bonds is 0. The van der Waals surface area contributed by atoms with Crippen molar-refractivity contribution >= 4 is 21.9 Å². The lowest BCUT2D eigenvalue weighted by Gasteiger charge is -2.11. The highest BCUT2D eigenvalue weighted by molar-refractivity contribution is 5.98. The maximum atomic E-state index is 12.2. The van der Waals surface area contributed by atoms with Crippen molar-refractivity contribution in [1.29, 1.82) is 0 Å². The van der Waals surface area contributed by atoms with Gasteiger partial charge >= 0.3 is 0 Å². The third kappa shape index (κ3) is 1.46. The van der Waals surface area contributed by atoms with Gasteiger partial charge in [0.2, 0.25) is 5.43 Å². The molecule has 0 aliphatic carbocycles. The van der Waals surface area contributed by atoms with Crippen molar-refractivity contribution in [2.45, 2.75) is 0 Å². The van der Waals surface area contributed by atoms with Crippen LogP contribution < -0.4 is 10.5 Å². The van der Waals surface area contributed by atoms with E-state index in [9.17, 15) is 25.2 Å². The fourth-order valence-electron chi connectivity index (χ4n) is 2.00. The summed E-state index contributed by atoms with van der Waals surface area (Å²) in [6.07, 6.45) is 0. The van der Waals surface area contributed by atoms with Gasteiger partial charge in [-0.1, -0.05) is 11.8 Å². The molecule has 6 heteroatoms. The molecule has 0 fully saturated rings. The van der Waals surface area contributed by atoms with Crippen LogP contribution in [0.15, 0.2) is 33.5 Å². The zero-order valence-electron chi connectivity index (χ0n) is 9.38. The van der Waals surface area contributed by atoms with Gasteiger partial charge in [0.15, 0.2) is 11.3 Å². The van der Waals surface area contributed by atoms with E-state index < -0.39 is 16.9 Å². The molecule has 1 heterocycles. The van der Waals surface area contributed by atoms with Gasteiger partial charge in [0.05, 0.1) is 5.39 Å². The summed E-state index contributed by atoms with van der Waals surface area (Å²) >= 11 is 0. The van der Waals surface area contributed by atoms with E-state index in [0.717, 1.165) is 24.3 Å². The fourth-order valence-corrected chi connectivity index (χ4v) is 2.00. The van der Waals surface area contributed by atoms with E-state index in [2.05, 4.69) is 0 Å². The Hall–Kier alpha value is -2.89. The van der Waals surface area contributed by atoms with E-state index in [0.29, 0.717) is 0 Å². The summed E-state index contributed by atoms with van der Waals surface area (Å²) in [6.45, 7) is 0. The topological polar surface area (TPSA) is 114 Å². The van der Waals surface area contributed by atoms with Crippen LogP contribution in [0.5, 0.6) is 23.0 Å². The summed E-state index contributed by atoms with van der Waals surface area (Å²) in [5.74, 6) is -1.77. The first-order valence-electron chi connectivity index (χ1n) is 5.30. The number of phenols is 3. The van der Waals surface area contributed by atoms with Crippen LogP contribution in [0.3, 0.4) is 0 Å². The molecule has 19 heavy (non-hydrogen) atoms. The Morgan fingerprint density at radius 2 is 1.74 bits per heavy atom. The monoisotopic (exact) mass is 259 g/mol. The average molecular weight is 259 g/mol. The molecule has 0 spiro atoms. The van der Waals surface area contributed by atoms with Crippen molar-refractivity contribution in [3.05, 3.63) is 34.5 Å². The van der Waals surface area contributed by atoms with Gasteiger partial charge in [-0.15, -0.1) is 0 Å². The lowest BCUT2D eigenvalue weighted by Crippen LogP contribution is -2.06. The fraction of sp³-hybridized carbons (Fsp3) is 0. The average Bonchev–Trinajstić information content (AvgIpc) is 2.32. The molecule has 3 N–H and O–H groups in total. The second-order valence-electron chi connectivity index (χ2n) is 4.06. The minimum atomic E-state index is -0.755. The van der Waals surface area contributed by atoms with Gasteiger partial charge in [0.25, 0.3) is 0 Å². The lowest BCUT2D eigenvalue weighted by atomic mass is 10.1. The minimum absolute atomic E-state index is 0.115. The van der Waals surface area contributed by atoms with Crippen LogP contribution in [0.25, 0.3) is 21.9 Å².